The van der Waals surface area contributed by atoms with Crippen molar-refractivity contribution in [2.75, 3.05) is 12.4 Å². The maximum absolute atomic E-state index is 5.78. The summed E-state index contributed by atoms with van der Waals surface area (Å²) in [6.45, 7) is 1.96. The lowest BCUT2D eigenvalue weighted by Gasteiger charge is -1.98. The second kappa shape index (κ2) is 3.23. The zero-order valence-corrected chi connectivity index (χ0v) is 9.24. The Morgan fingerprint density at radius 3 is 2.81 bits per heavy atom. The van der Waals surface area contributed by atoms with Gasteiger partial charge in [0.05, 0.1) is 5.69 Å². The fourth-order valence-corrected chi connectivity index (χ4v) is 1.97. The van der Waals surface area contributed by atoms with Crippen molar-refractivity contribution in [1.29, 1.82) is 0 Å². The summed E-state index contributed by atoms with van der Waals surface area (Å²) in [6.07, 6.45) is 0. The maximum atomic E-state index is 5.78. The highest BCUT2D eigenvalue weighted by Gasteiger charge is 2.10. The number of aryl methyl sites for hydroxylation is 1. The number of anilines is 1. The molecule has 0 unspecified atom stereocenters. The summed E-state index contributed by atoms with van der Waals surface area (Å²) in [5.41, 5.74) is 3.54. The Hall–Kier alpha value is -2.03. The normalized spacial score (nSPS) is 11.1. The van der Waals surface area contributed by atoms with E-state index in [1.54, 1.807) is 0 Å². The van der Waals surface area contributed by atoms with E-state index in [1.165, 1.54) is 0 Å². The monoisotopic (exact) mass is 212 g/mol. The molecule has 0 bridgehead atoms. The van der Waals surface area contributed by atoms with Gasteiger partial charge in [-0.3, -0.25) is 0 Å². The Balaban J connectivity index is 2.49. The third-order valence-corrected chi connectivity index (χ3v) is 2.77. The molecule has 0 radical (unpaired) electrons. The second-order valence-electron chi connectivity index (χ2n) is 3.84. The molecule has 0 spiro atoms. The Labute approximate surface area is 93.1 Å². The minimum Gasteiger partial charge on any atom is -0.436 e. The van der Waals surface area contributed by atoms with E-state index in [2.05, 4.69) is 22.4 Å². The zero-order valence-electron chi connectivity index (χ0n) is 9.24. The number of pyridine rings is 1. The van der Waals surface area contributed by atoms with Crippen molar-refractivity contribution in [2.45, 2.75) is 6.92 Å². The van der Waals surface area contributed by atoms with Crippen LogP contribution in [-0.2, 0) is 0 Å². The molecule has 0 aliphatic carbocycles. The van der Waals surface area contributed by atoms with Gasteiger partial charge in [0.15, 0.2) is 5.58 Å². The molecule has 3 heteroatoms. The van der Waals surface area contributed by atoms with Crippen LogP contribution < -0.4 is 5.32 Å². The van der Waals surface area contributed by atoms with Gasteiger partial charge in [-0.2, -0.15) is 0 Å². The van der Waals surface area contributed by atoms with Crippen LogP contribution in [0.3, 0.4) is 0 Å². The summed E-state index contributed by atoms with van der Waals surface area (Å²) in [5.74, 6) is 0. The van der Waals surface area contributed by atoms with E-state index in [-0.39, 0.29) is 0 Å². The van der Waals surface area contributed by atoms with Crippen LogP contribution in [0.25, 0.3) is 22.1 Å². The van der Waals surface area contributed by atoms with Gasteiger partial charge >= 0.3 is 0 Å². The molecule has 0 atom stereocenters. The van der Waals surface area contributed by atoms with Crippen molar-refractivity contribution < 1.29 is 4.42 Å². The molecule has 16 heavy (non-hydrogen) atoms. The molecule has 3 rings (SSSR count). The number of para-hydroxylation sites is 1. The number of aromatic nitrogens is 1. The lowest BCUT2D eigenvalue weighted by Crippen LogP contribution is -1.86. The van der Waals surface area contributed by atoms with E-state index in [1.807, 2.05) is 32.2 Å². The van der Waals surface area contributed by atoms with E-state index < -0.39 is 0 Å². The average Bonchev–Trinajstić information content (AvgIpc) is 2.65. The van der Waals surface area contributed by atoms with E-state index in [0.29, 0.717) is 5.71 Å². The van der Waals surface area contributed by atoms with E-state index in [9.17, 15) is 0 Å². The number of rotatable bonds is 1. The van der Waals surface area contributed by atoms with Gasteiger partial charge in [0.25, 0.3) is 0 Å². The number of hydrogen-bond acceptors (Lipinski definition) is 3. The maximum Gasteiger partial charge on any atom is 0.227 e. The third kappa shape index (κ3) is 1.18. The van der Waals surface area contributed by atoms with E-state index in [0.717, 1.165) is 27.7 Å². The fourth-order valence-electron chi connectivity index (χ4n) is 1.97. The molecular formula is C13H12N2O. The summed E-state index contributed by atoms with van der Waals surface area (Å²) in [5, 5.41) is 5.30. The van der Waals surface area contributed by atoms with Crippen LogP contribution in [0.4, 0.5) is 5.69 Å². The lowest BCUT2D eigenvalue weighted by molar-refractivity contribution is 0.653. The van der Waals surface area contributed by atoms with Crippen molar-refractivity contribution in [1.82, 2.24) is 4.98 Å². The number of fused-ring (bicyclic) bond motifs is 3. The van der Waals surface area contributed by atoms with Crippen LogP contribution in [0.5, 0.6) is 0 Å². The highest BCUT2D eigenvalue weighted by molar-refractivity contribution is 6.07. The van der Waals surface area contributed by atoms with Crippen molar-refractivity contribution in [3.63, 3.8) is 0 Å². The van der Waals surface area contributed by atoms with Gasteiger partial charge < -0.3 is 9.73 Å². The van der Waals surface area contributed by atoms with Crippen LogP contribution >= 0.6 is 0 Å². The van der Waals surface area contributed by atoms with E-state index >= 15 is 0 Å². The number of nitrogens with one attached hydrogen (secondary N) is 1. The predicted octanol–water partition coefficient (Wildman–Crippen LogP) is 3.33. The third-order valence-electron chi connectivity index (χ3n) is 2.77. The first kappa shape index (κ1) is 9.21. The molecule has 80 valence electrons. The quantitative estimate of drug-likeness (QED) is 0.672. The summed E-state index contributed by atoms with van der Waals surface area (Å²) >= 11 is 0. The molecule has 0 aliphatic rings. The highest BCUT2D eigenvalue weighted by Crippen LogP contribution is 2.32. The SMILES string of the molecule is CNc1cccc2c1oc1nc(C)ccc12. The molecule has 2 aromatic heterocycles. The average molecular weight is 212 g/mol. The number of furan rings is 1. The summed E-state index contributed by atoms with van der Waals surface area (Å²) in [7, 11) is 1.89. The molecule has 0 fully saturated rings. The van der Waals surface area contributed by atoms with Crippen LogP contribution in [-0.4, -0.2) is 12.0 Å². The first-order valence-corrected chi connectivity index (χ1v) is 5.26. The topological polar surface area (TPSA) is 38.1 Å². The van der Waals surface area contributed by atoms with Crippen LogP contribution in [0.2, 0.25) is 0 Å². The van der Waals surface area contributed by atoms with Gasteiger partial charge in [0.2, 0.25) is 5.71 Å². The molecule has 3 nitrogen and oxygen atoms in total. The van der Waals surface area contributed by atoms with E-state index in [4.69, 9.17) is 4.42 Å². The molecule has 2 heterocycles. The Morgan fingerprint density at radius 1 is 1.12 bits per heavy atom. The highest BCUT2D eigenvalue weighted by atomic mass is 16.3. The van der Waals surface area contributed by atoms with Crippen molar-refractivity contribution in [3.8, 4) is 0 Å². The number of benzene rings is 1. The lowest BCUT2D eigenvalue weighted by atomic mass is 10.1. The number of hydrogen-bond donors (Lipinski definition) is 1. The number of nitrogens with zero attached hydrogens (tertiary/aromatic N) is 1. The largest absolute Gasteiger partial charge is 0.436 e. The van der Waals surface area contributed by atoms with Gasteiger partial charge in [-0.25, -0.2) is 4.98 Å². The predicted molar refractivity (Wildman–Crippen MR) is 65.8 cm³/mol. The zero-order chi connectivity index (χ0) is 11.1. The molecular weight excluding hydrogens is 200 g/mol. The minimum atomic E-state index is 0.706. The minimum absolute atomic E-state index is 0.706. The van der Waals surface area contributed by atoms with Crippen LogP contribution in [0.15, 0.2) is 34.7 Å². The molecule has 0 aliphatic heterocycles. The molecule has 1 N–H and O–H groups in total. The summed E-state index contributed by atoms with van der Waals surface area (Å²) < 4.78 is 5.78. The van der Waals surface area contributed by atoms with Gasteiger partial charge in [0, 0.05) is 23.5 Å². The Morgan fingerprint density at radius 2 is 2.00 bits per heavy atom. The first-order chi connectivity index (χ1) is 7.79. The van der Waals surface area contributed by atoms with Gasteiger partial charge in [0.1, 0.15) is 0 Å². The summed E-state index contributed by atoms with van der Waals surface area (Å²) in [6, 6.07) is 10.1. The van der Waals surface area contributed by atoms with Crippen LogP contribution in [0, 0.1) is 6.92 Å². The molecule has 3 aromatic rings. The molecule has 0 saturated carbocycles. The molecule has 0 saturated heterocycles. The molecule has 1 aromatic carbocycles. The second-order valence-corrected chi connectivity index (χ2v) is 3.84. The van der Waals surface area contributed by atoms with Gasteiger partial charge in [-0.05, 0) is 25.1 Å². The van der Waals surface area contributed by atoms with Crippen molar-refractivity contribution in [3.05, 3.63) is 36.0 Å². The van der Waals surface area contributed by atoms with Gasteiger partial charge in [-0.1, -0.05) is 12.1 Å². The fraction of sp³-hybridized carbons (Fsp3) is 0.154. The smallest absolute Gasteiger partial charge is 0.227 e. The van der Waals surface area contributed by atoms with Crippen molar-refractivity contribution >= 4 is 27.8 Å². The summed E-state index contributed by atoms with van der Waals surface area (Å²) in [4.78, 5) is 4.39. The van der Waals surface area contributed by atoms with Crippen molar-refractivity contribution in [2.24, 2.45) is 0 Å². The first-order valence-electron chi connectivity index (χ1n) is 5.26. The van der Waals surface area contributed by atoms with Crippen LogP contribution in [0.1, 0.15) is 5.69 Å². The Bertz CT molecular complexity index is 670. The molecule has 0 amide bonds. The van der Waals surface area contributed by atoms with Gasteiger partial charge in [-0.15, -0.1) is 0 Å². The standard InChI is InChI=1S/C13H12N2O/c1-8-6-7-10-9-4-3-5-11(14-2)12(9)16-13(10)15-8/h3-7,14H,1-2H3. The Kier molecular flexibility index (Phi) is 1.86.